The third-order valence-electron chi connectivity index (χ3n) is 7.47. The predicted molar refractivity (Wildman–Crippen MR) is 143 cm³/mol. The number of halogens is 1. The molecule has 0 spiro atoms. The van der Waals surface area contributed by atoms with Gasteiger partial charge in [-0.1, -0.05) is 12.1 Å². The summed E-state index contributed by atoms with van der Waals surface area (Å²) < 4.78 is 44.3. The topological polar surface area (TPSA) is 151 Å². The molecule has 6 rings (SSSR count). The maximum atomic E-state index is 15.4. The number of nitrogens with zero attached hydrogens (tertiary/aromatic N) is 3. The lowest BCUT2D eigenvalue weighted by atomic mass is 9.98. The van der Waals surface area contributed by atoms with E-state index in [0.717, 1.165) is 18.4 Å². The lowest BCUT2D eigenvalue weighted by molar-refractivity contribution is -0.120. The Bertz CT molecular complexity index is 1730. The van der Waals surface area contributed by atoms with Gasteiger partial charge in [0.05, 0.1) is 22.4 Å². The number of fused-ring (bicyclic) bond motifs is 1. The standard InChI is InChI=1S/C27H25FN6O4S/c28-23-18(4-3-5-21(23)33-39(37,38)34-10-1-2-11-34)24(35)20-15-32-25-19(20)12-17(14-31-25)16-6-7-22(30-13-16)27(8-9-27)26(29)36/h3-7,12-15,33H,1-2,8-11H2,(H2,29,36)(H,31,32). The monoisotopic (exact) mass is 548 g/mol. The average molecular weight is 549 g/mol. The van der Waals surface area contributed by atoms with Gasteiger partial charge >= 0.3 is 10.2 Å². The predicted octanol–water partition coefficient (Wildman–Crippen LogP) is 3.26. The SMILES string of the molecule is NC(=O)C1(c2ccc(-c3cnc4[nH]cc(C(=O)c5cccc(NS(=O)(=O)N6CCCC6)c5F)c4c3)cn2)CC1. The van der Waals surface area contributed by atoms with E-state index < -0.39 is 27.2 Å². The fourth-order valence-corrected chi connectivity index (χ4v) is 6.32. The van der Waals surface area contributed by atoms with Crippen LogP contribution >= 0.6 is 0 Å². The smallest absolute Gasteiger partial charge is 0.301 e. The first kappa shape index (κ1) is 25.1. The number of primary amides is 1. The van der Waals surface area contributed by atoms with Crippen LogP contribution in [0.1, 0.15) is 47.3 Å². The van der Waals surface area contributed by atoms with Gasteiger partial charge in [-0.15, -0.1) is 0 Å². The van der Waals surface area contributed by atoms with Gasteiger partial charge in [0.15, 0.2) is 11.6 Å². The Hall–Kier alpha value is -4.16. The number of hydrogen-bond acceptors (Lipinski definition) is 6. The van der Waals surface area contributed by atoms with Crippen molar-refractivity contribution < 1.29 is 22.4 Å². The molecule has 0 atom stereocenters. The number of nitrogens with one attached hydrogen (secondary N) is 2. The molecule has 0 bridgehead atoms. The zero-order valence-electron chi connectivity index (χ0n) is 20.8. The molecule has 12 heteroatoms. The largest absolute Gasteiger partial charge is 0.369 e. The highest BCUT2D eigenvalue weighted by molar-refractivity contribution is 7.90. The molecule has 1 saturated carbocycles. The van der Waals surface area contributed by atoms with Crippen molar-refractivity contribution >= 4 is 38.6 Å². The summed E-state index contributed by atoms with van der Waals surface area (Å²) in [4.78, 5) is 37.1. The number of benzene rings is 1. The molecule has 3 aromatic heterocycles. The molecule has 10 nitrogen and oxygen atoms in total. The highest BCUT2D eigenvalue weighted by Crippen LogP contribution is 2.47. The molecule has 2 aliphatic rings. The Labute approximate surface area is 223 Å². The molecule has 4 heterocycles. The highest BCUT2D eigenvalue weighted by atomic mass is 32.2. The van der Waals surface area contributed by atoms with E-state index in [1.54, 1.807) is 24.5 Å². The van der Waals surface area contributed by atoms with E-state index in [9.17, 15) is 18.0 Å². The minimum atomic E-state index is -3.93. The van der Waals surface area contributed by atoms with E-state index >= 15 is 4.39 Å². The second-order valence-corrected chi connectivity index (χ2v) is 11.6. The molecule has 1 aromatic carbocycles. The van der Waals surface area contributed by atoms with Crippen LogP contribution < -0.4 is 10.5 Å². The summed E-state index contributed by atoms with van der Waals surface area (Å²) in [5.41, 5.74) is 6.94. The average Bonchev–Trinajstić information content (AvgIpc) is 3.34. The Morgan fingerprint density at radius 2 is 1.77 bits per heavy atom. The van der Waals surface area contributed by atoms with E-state index in [1.807, 2.05) is 6.07 Å². The molecule has 4 N–H and O–H groups in total. The number of hydrogen-bond donors (Lipinski definition) is 3. The van der Waals surface area contributed by atoms with Crippen LogP contribution in [-0.2, 0) is 20.4 Å². The van der Waals surface area contributed by atoms with Crippen molar-refractivity contribution in [1.29, 1.82) is 0 Å². The quantitative estimate of drug-likeness (QED) is 0.288. The first-order valence-electron chi connectivity index (χ1n) is 12.5. The van der Waals surface area contributed by atoms with E-state index in [4.69, 9.17) is 5.73 Å². The van der Waals surface area contributed by atoms with Crippen molar-refractivity contribution in [2.75, 3.05) is 17.8 Å². The van der Waals surface area contributed by atoms with Gasteiger partial charge in [-0.2, -0.15) is 12.7 Å². The summed E-state index contributed by atoms with van der Waals surface area (Å²) in [7, 11) is -3.93. The molecule has 2 fully saturated rings. The third kappa shape index (κ3) is 4.35. The summed E-state index contributed by atoms with van der Waals surface area (Å²) in [5.74, 6) is -1.96. The lowest BCUT2D eigenvalue weighted by Gasteiger charge is -2.17. The minimum absolute atomic E-state index is 0.188. The Balaban J connectivity index is 1.31. The Morgan fingerprint density at radius 3 is 2.44 bits per heavy atom. The van der Waals surface area contributed by atoms with Gasteiger partial charge in [-0.25, -0.2) is 9.37 Å². The molecule has 1 aliphatic carbocycles. The first-order valence-corrected chi connectivity index (χ1v) is 14.0. The van der Waals surface area contributed by atoms with Gasteiger partial charge in [0.2, 0.25) is 5.91 Å². The second kappa shape index (κ2) is 9.24. The number of anilines is 1. The van der Waals surface area contributed by atoms with E-state index in [1.165, 1.54) is 28.7 Å². The van der Waals surface area contributed by atoms with E-state index in [-0.39, 0.29) is 22.7 Å². The van der Waals surface area contributed by atoms with Crippen LogP contribution in [0.5, 0.6) is 0 Å². The van der Waals surface area contributed by atoms with E-state index in [2.05, 4.69) is 19.7 Å². The van der Waals surface area contributed by atoms with Gasteiger partial charge in [0.1, 0.15) is 5.65 Å². The number of pyridine rings is 2. The Morgan fingerprint density at radius 1 is 1.03 bits per heavy atom. The summed E-state index contributed by atoms with van der Waals surface area (Å²) >= 11 is 0. The molecule has 1 amide bonds. The van der Waals surface area contributed by atoms with Gasteiger partial charge in [-0.3, -0.25) is 19.3 Å². The van der Waals surface area contributed by atoms with Crippen LogP contribution in [0, 0.1) is 5.82 Å². The molecule has 1 aliphatic heterocycles. The molecule has 39 heavy (non-hydrogen) atoms. The van der Waals surface area contributed by atoms with Gasteiger partial charge in [0, 0.05) is 53.8 Å². The Kier molecular flexibility index (Phi) is 5.96. The van der Waals surface area contributed by atoms with Crippen LogP contribution in [-0.4, -0.2) is 52.5 Å². The van der Waals surface area contributed by atoms with Gasteiger partial charge in [0.25, 0.3) is 0 Å². The number of aromatic nitrogens is 3. The van der Waals surface area contributed by atoms with Crippen LogP contribution in [0.2, 0.25) is 0 Å². The zero-order valence-corrected chi connectivity index (χ0v) is 21.6. The summed E-state index contributed by atoms with van der Waals surface area (Å²) in [6, 6.07) is 9.37. The summed E-state index contributed by atoms with van der Waals surface area (Å²) in [6.45, 7) is 0.731. The zero-order chi connectivity index (χ0) is 27.4. The number of nitrogens with two attached hydrogens (primary N) is 1. The van der Waals surface area contributed by atoms with Crippen LogP contribution in [0.4, 0.5) is 10.1 Å². The van der Waals surface area contributed by atoms with Crippen LogP contribution in [0.25, 0.3) is 22.2 Å². The van der Waals surface area contributed by atoms with Crippen molar-refractivity contribution in [3.8, 4) is 11.1 Å². The number of carbonyl (C=O) groups is 2. The van der Waals surface area contributed by atoms with Crippen molar-refractivity contribution in [2.24, 2.45) is 5.73 Å². The normalized spacial score (nSPS) is 16.8. The molecular weight excluding hydrogens is 523 g/mol. The number of carbonyl (C=O) groups excluding carboxylic acids is 2. The van der Waals surface area contributed by atoms with Crippen molar-refractivity contribution in [1.82, 2.24) is 19.3 Å². The summed E-state index contributed by atoms with van der Waals surface area (Å²) in [6.07, 6.45) is 7.54. The highest BCUT2D eigenvalue weighted by Gasteiger charge is 2.51. The van der Waals surface area contributed by atoms with Crippen LogP contribution in [0.3, 0.4) is 0 Å². The maximum Gasteiger partial charge on any atom is 0.301 e. The number of ketones is 1. The number of H-pyrrole nitrogens is 1. The molecule has 0 unspecified atom stereocenters. The minimum Gasteiger partial charge on any atom is -0.369 e. The number of amides is 1. The van der Waals surface area contributed by atoms with Gasteiger partial charge < -0.3 is 10.7 Å². The molecule has 0 radical (unpaired) electrons. The fourth-order valence-electron chi connectivity index (χ4n) is 5.01. The van der Waals surface area contributed by atoms with E-state index in [0.29, 0.717) is 48.2 Å². The first-order chi connectivity index (χ1) is 18.7. The fraction of sp³-hybridized carbons (Fsp3) is 0.259. The van der Waals surface area contributed by atoms with Crippen molar-refractivity contribution in [3.05, 3.63) is 77.6 Å². The second-order valence-electron chi connectivity index (χ2n) is 9.91. The third-order valence-corrected chi connectivity index (χ3v) is 8.99. The summed E-state index contributed by atoms with van der Waals surface area (Å²) in [5, 5.41) is 0.472. The molecule has 200 valence electrons. The number of aromatic amines is 1. The van der Waals surface area contributed by atoms with Crippen LogP contribution in [0.15, 0.2) is 55.0 Å². The lowest BCUT2D eigenvalue weighted by Crippen LogP contribution is -2.33. The number of rotatable bonds is 8. The maximum absolute atomic E-state index is 15.4. The molecule has 1 saturated heterocycles. The van der Waals surface area contributed by atoms with Gasteiger partial charge in [-0.05, 0) is 49.9 Å². The van der Waals surface area contributed by atoms with Crippen molar-refractivity contribution in [3.63, 3.8) is 0 Å². The molecule has 4 aromatic rings. The van der Waals surface area contributed by atoms with Crippen molar-refractivity contribution in [2.45, 2.75) is 31.1 Å². The molecular formula is C27H25FN6O4S.